The van der Waals surface area contributed by atoms with E-state index in [1.54, 1.807) is 0 Å². The lowest BCUT2D eigenvalue weighted by Gasteiger charge is -2.43. The molecule has 2 atom stereocenters. The Kier molecular flexibility index (Phi) is 7.14. The molecule has 0 unspecified atom stereocenters. The highest BCUT2D eigenvalue weighted by molar-refractivity contribution is 7.84. The number of imide groups is 1. The maximum atomic E-state index is 12.9. The monoisotopic (exact) mass is 521 g/mol. The van der Waals surface area contributed by atoms with Crippen molar-refractivity contribution in [2.24, 2.45) is 10.9 Å². The molecule has 19 heteroatoms. The minimum absolute atomic E-state index is 0.0126. The largest absolute Gasteiger partial charge is 0.478 e. The summed E-state index contributed by atoms with van der Waals surface area (Å²) in [6.45, 7) is 2.25. The lowest BCUT2D eigenvalue weighted by atomic mass is 9.97. The van der Waals surface area contributed by atoms with E-state index >= 15 is 0 Å². The number of primary amides is 1. The standard InChI is InChI=1S/C15H19N7O10S2/c1-15(2,12(26)27)32-20-6(5-4-33-13(16)18-5)9(23)19-7-8(11(25)21(3)14(17)28)22(10(7)24)34(29,30)31/h4,7-8H,1-3H3,(H2,16,18)(H2,17,28)(H,19,23)(H,26,27)(H,29,30,31)/b20-6-/t7-,8-/m1/s1. The van der Waals surface area contributed by atoms with Gasteiger partial charge >= 0.3 is 22.3 Å². The number of β-lactam (4-membered cyclic amide) rings is 1. The number of oxime groups is 1. The van der Waals surface area contributed by atoms with Gasteiger partial charge in [-0.05, 0) is 13.8 Å². The fourth-order valence-electron chi connectivity index (χ4n) is 2.42. The summed E-state index contributed by atoms with van der Waals surface area (Å²) in [4.78, 5) is 69.2. The van der Waals surface area contributed by atoms with Gasteiger partial charge in [-0.1, -0.05) is 5.16 Å². The third-order valence-corrected chi connectivity index (χ3v) is 5.94. The average molecular weight is 521 g/mol. The van der Waals surface area contributed by atoms with Crippen LogP contribution >= 0.6 is 11.3 Å². The first-order valence-electron chi connectivity index (χ1n) is 8.88. The van der Waals surface area contributed by atoms with Crippen molar-refractivity contribution >= 4 is 62.2 Å². The Morgan fingerprint density at radius 3 is 2.38 bits per heavy atom. The molecule has 7 N–H and O–H groups in total. The normalized spacial score (nSPS) is 18.6. The Bertz CT molecular complexity index is 1190. The van der Waals surface area contributed by atoms with Crippen LogP contribution in [0.15, 0.2) is 10.5 Å². The van der Waals surface area contributed by atoms with Crippen LogP contribution in [0.1, 0.15) is 19.5 Å². The zero-order chi connectivity index (χ0) is 26.2. The van der Waals surface area contributed by atoms with E-state index in [4.69, 9.17) is 21.4 Å². The number of aromatic nitrogens is 1. The summed E-state index contributed by atoms with van der Waals surface area (Å²) < 4.78 is 32.1. The first-order valence-corrected chi connectivity index (χ1v) is 11.2. The van der Waals surface area contributed by atoms with Gasteiger partial charge in [0.2, 0.25) is 5.60 Å². The molecular formula is C15H19N7O10S2. The van der Waals surface area contributed by atoms with Crippen molar-refractivity contribution in [1.82, 2.24) is 19.5 Å². The number of nitrogens with zero attached hydrogens (tertiary/aromatic N) is 4. The van der Waals surface area contributed by atoms with Crippen LogP contribution in [0.4, 0.5) is 9.93 Å². The van der Waals surface area contributed by atoms with Crippen molar-refractivity contribution in [3.05, 3.63) is 11.1 Å². The molecule has 5 amide bonds. The second kappa shape index (κ2) is 9.19. The number of hydrogen-bond donors (Lipinski definition) is 5. The third kappa shape index (κ3) is 5.21. The van der Waals surface area contributed by atoms with E-state index in [9.17, 15) is 36.9 Å². The molecule has 186 valence electrons. The van der Waals surface area contributed by atoms with Crippen LogP contribution < -0.4 is 16.8 Å². The van der Waals surface area contributed by atoms with Crippen LogP contribution in [-0.4, -0.2) is 92.4 Å². The third-order valence-electron chi connectivity index (χ3n) is 4.36. The molecule has 0 spiro atoms. The molecule has 1 aromatic rings. The molecule has 0 radical (unpaired) electrons. The Hall–Kier alpha value is -3.84. The van der Waals surface area contributed by atoms with Crippen molar-refractivity contribution in [2.45, 2.75) is 31.5 Å². The number of thiazole rings is 1. The summed E-state index contributed by atoms with van der Waals surface area (Å²) in [5.41, 5.74) is 7.75. The second-order valence-corrected chi connectivity index (χ2v) is 9.34. The van der Waals surface area contributed by atoms with Crippen LogP contribution in [0.5, 0.6) is 0 Å². The van der Waals surface area contributed by atoms with Gasteiger partial charge < -0.3 is 26.7 Å². The number of nitrogens with one attached hydrogen (secondary N) is 1. The molecule has 1 fully saturated rings. The predicted octanol–water partition coefficient (Wildman–Crippen LogP) is -2.66. The van der Waals surface area contributed by atoms with Gasteiger partial charge in [-0.3, -0.25) is 23.8 Å². The van der Waals surface area contributed by atoms with E-state index in [-0.39, 0.29) is 20.0 Å². The number of carbonyl (C=O) groups is 5. The maximum Gasteiger partial charge on any atom is 0.363 e. The fraction of sp³-hybridized carbons (Fsp3) is 0.400. The minimum atomic E-state index is -5.26. The summed E-state index contributed by atoms with van der Waals surface area (Å²) in [7, 11) is -4.38. The minimum Gasteiger partial charge on any atom is -0.478 e. The first-order chi connectivity index (χ1) is 15.5. The van der Waals surface area contributed by atoms with Gasteiger partial charge in [0, 0.05) is 12.4 Å². The SMILES string of the molecule is CN(C(N)=O)C(=O)[C@H]1[C@@H](NC(=O)/C(=N\OC(C)(C)C(=O)O)c2csc(N)n2)C(=O)N1S(=O)(=O)O. The van der Waals surface area contributed by atoms with Crippen molar-refractivity contribution < 1.29 is 46.9 Å². The number of hydrogen-bond acceptors (Lipinski definition) is 12. The Morgan fingerprint density at radius 1 is 1.35 bits per heavy atom. The molecule has 0 aliphatic carbocycles. The Morgan fingerprint density at radius 2 is 1.94 bits per heavy atom. The number of carboxylic acid groups (broad SMARTS) is 1. The van der Waals surface area contributed by atoms with E-state index in [2.05, 4.69) is 10.1 Å². The molecule has 0 aromatic carbocycles. The van der Waals surface area contributed by atoms with Gasteiger partial charge in [0.1, 0.15) is 11.7 Å². The molecule has 0 bridgehead atoms. The summed E-state index contributed by atoms with van der Waals surface area (Å²) in [6.07, 6.45) is 0. The Labute approximate surface area is 195 Å². The van der Waals surface area contributed by atoms with Crippen LogP contribution in [-0.2, 0) is 34.3 Å². The van der Waals surface area contributed by atoms with E-state index in [0.29, 0.717) is 0 Å². The molecule has 2 heterocycles. The van der Waals surface area contributed by atoms with Gasteiger partial charge in [0.05, 0.1) is 0 Å². The molecule has 34 heavy (non-hydrogen) atoms. The molecule has 1 aliphatic rings. The molecular weight excluding hydrogens is 502 g/mol. The number of likely N-dealkylation sites (N-methyl/N-ethyl adjacent to an activating group) is 1. The van der Waals surface area contributed by atoms with Crippen LogP contribution in [0.25, 0.3) is 0 Å². The summed E-state index contributed by atoms with van der Waals surface area (Å²) >= 11 is 0.880. The maximum absolute atomic E-state index is 12.9. The molecule has 1 saturated heterocycles. The number of anilines is 1. The fourth-order valence-corrected chi connectivity index (χ4v) is 3.81. The first kappa shape index (κ1) is 26.4. The van der Waals surface area contributed by atoms with Crippen molar-refractivity contribution in [3.63, 3.8) is 0 Å². The number of carbonyl (C=O) groups excluding carboxylic acids is 4. The summed E-state index contributed by atoms with van der Waals surface area (Å²) in [5, 5.41) is 15.9. The lowest BCUT2D eigenvalue weighted by molar-refractivity contribution is -0.161. The van der Waals surface area contributed by atoms with Crippen molar-refractivity contribution in [3.8, 4) is 0 Å². The molecule has 1 aliphatic heterocycles. The van der Waals surface area contributed by atoms with E-state index in [1.165, 1.54) is 5.38 Å². The van der Waals surface area contributed by atoms with Gasteiger partial charge in [-0.2, -0.15) is 12.7 Å². The topological polar surface area (TPSA) is 265 Å². The number of carboxylic acids is 1. The van der Waals surface area contributed by atoms with Gasteiger partial charge in [-0.15, -0.1) is 11.3 Å². The quantitative estimate of drug-likeness (QED) is 0.102. The number of rotatable bonds is 8. The van der Waals surface area contributed by atoms with Crippen molar-refractivity contribution in [1.29, 1.82) is 0 Å². The smallest absolute Gasteiger partial charge is 0.363 e. The van der Waals surface area contributed by atoms with Crippen LogP contribution in [0.3, 0.4) is 0 Å². The van der Waals surface area contributed by atoms with Gasteiger partial charge in [0.25, 0.3) is 17.7 Å². The zero-order valence-corrected chi connectivity index (χ0v) is 19.3. The van der Waals surface area contributed by atoms with E-state index < -0.39 is 63.4 Å². The number of aliphatic carboxylic acids is 1. The summed E-state index contributed by atoms with van der Waals surface area (Å²) in [5.74, 6) is -5.45. The highest BCUT2D eigenvalue weighted by atomic mass is 32.2. The van der Waals surface area contributed by atoms with E-state index in [1.807, 2.05) is 5.32 Å². The van der Waals surface area contributed by atoms with Crippen LogP contribution in [0, 0.1) is 0 Å². The second-order valence-electron chi connectivity index (χ2n) is 7.16. The van der Waals surface area contributed by atoms with Gasteiger partial charge in [-0.25, -0.2) is 14.6 Å². The molecule has 1 aromatic heterocycles. The average Bonchev–Trinajstić information content (AvgIpc) is 3.13. The summed E-state index contributed by atoms with van der Waals surface area (Å²) in [6, 6.07) is -5.27. The highest BCUT2D eigenvalue weighted by Crippen LogP contribution is 2.26. The Balaban J connectivity index is 2.42. The number of amides is 5. The number of urea groups is 1. The molecule has 2 rings (SSSR count). The molecule has 17 nitrogen and oxygen atoms in total. The predicted molar refractivity (Wildman–Crippen MR) is 112 cm³/mol. The number of nitrogen functional groups attached to an aromatic ring is 1. The van der Waals surface area contributed by atoms with Gasteiger partial charge in [0.15, 0.2) is 16.9 Å². The molecule has 0 saturated carbocycles. The van der Waals surface area contributed by atoms with Crippen LogP contribution in [0.2, 0.25) is 0 Å². The highest BCUT2D eigenvalue weighted by Gasteiger charge is 2.59. The number of nitrogens with two attached hydrogens (primary N) is 2. The van der Waals surface area contributed by atoms with E-state index in [0.717, 1.165) is 32.2 Å². The zero-order valence-electron chi connectivity index (χ0n) is 17.7. The lowest BCUT2D eigenvalue weighted by Crippen LogP contribution is -2.76. The van der Waals surface area contributed by atoms with Crippen molar-refractivity contribution in [2.75, 3.05) is 12.8 Å².